The van der Waals surface area contributed by atoms with Crippen LogP contribution in [0.25, 0.3) is 5.57 Å². The van der Waals surface area contributed by atoms with Gasteiger partial charge in [-0.1, -0.05) is 29.4 Å². The van der Waals surface area contributed by atoms with Gasteiger partial charge in [0.25, 0.3) is 0 Å². The van der Waals surface area contributed by atoms with E-state index in [0.29, 0.717) is 5.02 Å². The molecule has 120 valence electrons. The molecule has 1 aliphatic heterocycles. The minimum Gasteiger partial charge on any atom is -0.340 e. The largest absolute Gasteiger partial charge is 0.340 e. The van der Waals surface area contributed by atoms with Gasteiger partial charge in [0.2, 0.25) is 0 Å². The SMILES string of the molecule is C[NH+](C)CC/C=C1/c2cc(Cl)ccc2Sc2cc(F)c(F)cc21. The molecule has 0 fully saturated rings. The van der Waals surface area contributed by atoms with Crippen LogP contribution in [0.3, 0.4) is 0 Å². The van der Waals surface area contributed by atoms with E-state index < -0.39 is 11.6 Å². The number of hydrogen-bond acceptors (Lipinski definition) is 1. The van der Waals surface area contributed by atoms with Crippen LogP contribution < -0.4 is 4.90 Å². The molecule has 23 heavy (non-hydrogen) atoms. The summed E-state index contributed by atoms with van der Waals surface area (Å²) in [6, 6.07) is 8.20. The van der Waals surface area contributed by atoms with Gasteiger partial charge in [-0.3, -0.25) is 0 Å². The van der Waals surface area contributed by atoms with E-state index in [0.717, 1.165) is 39.5 Å². The summed E-state index contributed by atoms with van der Waals surface area (Å²) in [4.78, 5) is 3.09. The van der Waals surface area contributed by atoms with Gasteiger partial charge in [0.1, 0.15) is 0 Å². The molecule has 1 N–H and O–H groups in total. The average molecular weight is 353 g/mol. The lowest BCUT2D eigenvalue weighted by Crippen LogP contribution is -3.05. The van der Waals surface area contributed by atoms with E-state index >= 15 is 0 Å². The van der Waals surface area contributed by atoms with Crippen LogP contribution >= 0.6 is 23.4 Å². The maximum atomic E-state index is 13.7. The molecule has 0 saturated heterocycles. The molecule has 0 atom stereocenters. The molecule has 1 nitrogen and oxygen atoms in total. The Bertz CT molecular complexity index is 787. The fraction of sp³-hybridized carbons (Fsp3) is 0.222. The van der Waals surface area contributed by atoms with Gasteiger partial charge in [-0.15, -0.1) is 0 Å². The predicted molar refractivity (Wildman–Crippen MR) is 91.3 cm³/mol. The van der Waals surface area contributed by atoms with Gasteiger partial charge in [0, 0.05) is 21.2 Å². The molecular weight excluding hydrogens is 336 g/mol. The first kappa shape index (κ1) is 16.5. The van der Waals surface area contributed by atoms with Crippen molar-refractivity contribution in [1.82, 2.24) is 0 Å². The molecule has 0 aromatic heterocycles. The highest BCUT2D eigenvalue weighted by molar-refractivity contribution is 7.99. The molecule has 1 heterocycles. The maximum absolute atomic E-state index is 13.7. The lowest BCUT2D eigenvalue weighted by molar-refractivity contribution is -0.857. The van der Waals surface area contributed by atoms with Crippen molar-refractivity contribution in [1.29, 1.82) is 0 Å². The van der Waals surface area contributed by atoms with Crippen LogP contribution in [0.2, 0.25) is 5.02 Å². The van der Waals surface area contributed by atoms with Crippen molar-refractivity contribution in [2.45, 2.75) is 16.2 Å². The van der Waals surface area contributed by atoms with E-state index in [1.54, 1.807) is 0 Å². The molecule has 0 spiro atoms. The van der Waals surface area contributed by atoms with Crippen molar-refractivity contribution in [2.75, 3.05) is 20.6 Å². The highest BCUT2D eigenvalue weighted by Gasteiger charge is 2.23. The Labute approximate surface area is 143 Å². The van der Waals surface area contributed by atoms with Crippen LogP contribution in [0.5, 0.6) is 0 Å². The Kier molecular flexibility index (Phi) is 4.76. The highest BCUT2D eigenvalue weighted by Crippen LogP contribution is 2.46. The summed E-state index contributed by atoms with van der Waals surface area (Å²) in [5, 5.41) is 0.638. The molecule has 0 bridgehead atoms. The number of fused-ring (bicyclic) bond motifs is 2. The Morgan fingerprint density at radius 3 is 2.48 bits per heavy atom. The average Bonchev–Trinajstić information content (AvgIpc) is 2.49. The van der Waals surface area contributed by atoms with E-state index in [2.05, 4.69) is 20.2 Å². The fourth-order valence-electron chi connectivity index (χ4n) is 2.61. The predicted octanol–water partition coefficient (Wildman–Crippen LogP) is 4.05. The molecule has 3 rings (SSSR count). The Balaban J connectivity index is 2.12. The molecule has 0 unspecified atom stereocenters. The topological polar surface area (TPSA) is 4.44 Å². The molecule has 2 aromatic rings. The van der Waals surface area contributed by atoms with Crippen LogP contribution in [-0.2, 0) is 0 Å². The summed E-state index contributed by atoms with van der Waals surface area (Å²) >= 11 is 7.58. The van der Waals surface area contributed by atoms with Crippen molar-refractivity contribution in [3.8, 4) is 0 Å². The summed E-state index contributed by atoms with van der Waals surface area (Å²) < 4.78 is 27.3. The van der Waals surface area contributed by atoms with Crippen molar-refractivity contribution in [3.63, 3.8) is 0 Å². The zero-order valence-corrected chi connectivity index (χ0v) is 14.5. The Hall–Kier alpha value is -1.36. The molecular formula is C18H17ClF2NS+. The van der Waals surface area contributed by atoms with Crippen molar-refractivity contribution in [3.05, 3.63) is 64.2 Å². The van der Waals surface area contributed by atoms with E-state index in [4.69, 9.17) is 11.6 Å². The zero-order valence-electron chi connectivity index (χ0n) is 12.9. The number of halogens is 3. The first-order valence-electron chi connectivity index (χ1n) is 7.42. The summed E-state index contributed by atoms with van der Waals surface area (Å²) in [5.41, 5.74) is 2.64. The van der Waals surface area contributed by atoms with Gasteiger partial charge in [-0.05, 0) is 47.0 Å². The second-order valence-corrected chi connectivity index (χ2v) is 7.39. The lowest BCUT2D eigenvalue weighted by atomic mass is 9.95. The van der Waals surface area contributed by atoms with E-state index in [1.165, 1.54) is 28.8 Å². The molecule has 1 aliphatic rings. The lowest BCUT2D eigenvalue weighted by Gasteiger charge is -2.23. The third kappa shape index (κ3) is 3.44. The quantitative estimate of drug-likeness (QED) is 0.745. The number of benzene rings is 2. The van der Waals surface area contributed by atoms with Gasteiger partial charge in [-0.25, -0.2) is 8.78 Å². The summed E-state index contributed by atoms with van der Waals surface area (Å²) in [6.07, 6.45) is 2.95. The highest BCUT2D eigenvalue weighted by atomic mass is 35.5. The second-order valence-electron chi connectivity index (χ2n) is 5.87. The monoisotopic (exact) mass is 352 g/mol. The maximum Gasteiger partial charge on any atom is 0.159 e. The van der Waals surface area contributed by atoms with Gasteiger partial charge in [0.05, 0.1) is 20.6 Å². The Morgan fingerprint density at radius 1 is 1.04 bits per heavy atom. The van der Waals surface area contributed by atoms with E-state index in [1.807, 2.05) is 18.2 Å². The third-order valence-corrected chi connectivity index (χ3v) is 5.13. The van der Waals surface area contributed by atoms with Crippen LogP contribution in [-0.4, -0.2) is 20.6 Å². The Morgan fingerprint density at radius 2 is 1.74 bits per heavy atom. The van der Waals surface area contributed by atoms with Gasteiger partial charge in [0.15, 0.2) is 11.6 Å². The number of nitrogens with one attached hydrogen (secondary N) is 1. The molecule has 5 heteroatoms. The van der Waals surface area contributed by atoms with Crippen LogP contribution in [0.15, 0.2) is 46.2 Å². The van der Waals surface area contributed by atoms with Gasteiger partial charge >= 0.3 is 0 Å². The fourth-order valence-corrected chi connectivity index (χ4v) is 3.88. The van der Waals surface area contributed by atoms with E-state index in [9.17, 15) is 8.78 Å². The van der Waals surface area contributed by atoms with Crippen molar-refractivity contribution in [2.24, 2.45) is 0 Å². The summed E-state index contributed by atoms with van der Waals surface area (Å²) in [7, 11) is 4.17. The number of quaternary nitrogens is 1. The molecule has 0 saturated carbocycles. The minimum atomic E-state index is -0.820. The standard InChI is InChI=1S/C18H16ClF2NS/c1-22(2)7-3-4-12-13-8-11(19)5-6-17(13)23-18-10-16(21)15(20)9-14(12)18/h4-6,8-10H,3,7H2,1-2H3/p+1/b12-4-. The number of rotatable bonds is 3. The van der Waals surface area contributed by atoms with Crippen LogP contribution in [0.4, 0.5) is 8.78 Å². The molecule has 0 aliphatic carbocycles. The molecule has 0 radical (unpaired) electrons. The summed E-state index contributed by atoms with van der Waals surface area (Å²) in [5.74, 6) is -1.63. The first-order chi connectivity index (χ1) is 11.0. The van der Waals surface area contributed by atoms with Gasteiger partial charge < -0.3 is 4.90 Å². The van der Waals surface area contributed by atoms with Crippen molar-refractivity contribution < 1.29 is 13.7 Å². The molecule has 0 amide bonds. The second kappa shape index (κ2) is 6.63. The minimum absolute atomic E-state index is 0.638. The normalized spacial score (nSPS) is 15.0. The smallest absolute Gasteiger partial charge is 0.159 e. The van der Waals surface area contributed by atoms with Crippen molar-refractivity contribution >= 4 is 28.9 Å². The first-order valence-corrected chi connectivity index (χ1v) is 8.61. The molecule has 2 aromatic carbocycles. The van der Waals surface area contributed by atoms with Crippen LogP contribution in [0, 0.1) is 11.6 Å². The zero-order chi connectivity index (χ0) is 16.6. The van der Waals surface area contributed by atoms with E-state index in [-0.39, 0.29) is 0 Å². The number of hydrogen-bond donors (Lipinski definition) is 1. The van der Waals surface area contributed by atoms with Crippen LogP contribution in [0.1, 0.15) is 17.5 Å². The third-order valence-electron chi connectivity index (χ3n) is 3.76. The van der Waals surface area contributed by atoms with Gasteiger partial charge in [-0.2, -0.15) is 0 Å². The summed E-state index contributed by atoms with van der Waals surface area (Å²) in [6.45, 7) is 0.964.